The van der Waals surface area contributed by atoms with Crippen molar-refractivity contribution in [2.24, 2.45) is 0 Å². The molecule has 0 bridgehead atoms. The van der Waals surface area contributed by atoms with Gasteiger partial charge in [0.15, 0.2) is 6.61 Å². The lowest BCUT2D eigenvalue weighted by molar-refractivity contribution is -0.135. The molecule has 0 unspecified atom stereocenters. The molecule has 1 amide bonds. The fourth-order valence-corrected chi connectivity index (χ4v) is 2.83. The van der Waals surface area contributed by atoms with E-state index in [2.05, 4.69) is 0 Å². The monoisotopic (exact) mass is 291 g/mol. The Hall–Kier alpha value is -1.55. The fourth-order valence-electron chi connectivity index (χ4n) is 2.83. The van der Waals surface area contributed by atoms with E-state index in [-0.39, 0.29) is 12.5 Å². The van der Waals surface area contributed by atoms with Gasteiger partial charge >= 0.3 is 0 Å². The van der Waals surface area contributed by atoms with Crippen molar-refractivity contribution in [1.29, 1.82) is 0 Å². The molecule has 0 spiro atoms. The number of hydrogen-bond donors (Lipinski definition) is 1. The smallest absolute Gasteiger partial charge is 0.260 e. The molecule has 21 heavy (non-hydrogen) atoms. The summed E-state index contributed by atoms with van der Waals surface area (Å²) < 4.78 is 5.63. The van der Waals surface area contributed by atoms with Crippen LogP contribution >= 0.6 is 0 Å². The van der Waals surface area contributed by atoms with Crippen molar-refractivity contribution in [3.63, 3.8) is 0 Å². The summed E-state index contributed by atoms with van der Waals surface area (Å²) in [5.74, 6) is 0.646. The lowest BCUT2D eigenvalue weighted by Gasteiger charge is -2.28. The van der Waals surface area contributed by atoms with Gasteiger partial charge in [0.25, 0.3) is 5.91 Å². The van der Waals surface area contributed by atoms with Crippen LogP contribution in [0, 0.1) is 13.8 Å². The third-order valence-corrected chi connectivity index (χ3v) is 4.19. The Morgan fingerprint density at radius 1 is 1.33 bits per heavy atom. The zero-order valence-electron chi connectivity index (χ0n) is 13.2. The molecule has 4 nitrogen and oxygen atoms in total. The third-order valence-electron chi connectivity index (χ3n) is 4.19. The number of amides is 1. The lowest BCUT2D eigenvalue weighted by Crippen LogP contribution is -2.43. The highest BCUT2D eigenvalue weighted by Crippen LogP contribution is 2.30. The van der Waals surface area contributed by atoms with E-state index >= 15 is 0 Å². The van der Waals surface area contributed by atoms with Gasteiger partial charge in [-0.3, -0.25) is 4.79 Å². The molecule has 0 heterocycles. The molecule has 1 aromatic rings. The number of aliphatic hydroxyl groups is 1. The molecule has 1 aromatic carbocycles. The number of likely N-dealkylation sites (N-methyl/N-ethyl adjacent to an activating group) is 1. The first-order valence-corrected chi connectivity index (χ1v) is 7.56. The van der Waals surface area contributed by atoms with E-state index in [0.717, 1.165) is 42.6 Å². The molecule has 1 fully saturated rings. The number of carbonyl (C=O) groups excluding carboxylic acids is 1. The minimum absolute atomic E-state index is 0.0108. The van der Waals surface area contributed by atoms with Gasteiger partial charge in [0.1, 0.15) is 5.75 Å². The topological polar surface area (TPSA) is 49.8 Å². The van der Waals surface area contributed by atoms with Gasteiger partial charge < -0.3 is 14.7 Å². The number of aryl methyl sites for hydroxylation is 2. The van der Waals surface area contributed by atoms with Gasteiger partial charge in [-0.2, -0.15) is 0 Å². The SMILES string of the molecule is Cc1ccc(C)c(OCC(=O)N(C)CC2(O)CCCC2)c1. The maximum atomic E-state index is 12.1. The predicted octanol–water partition coefficient (Wildman–Crippen LogP) is 2.45. The third kappa shape index (κ3) is 4.21. The van der Waals surface area contributed by atoms with Crippen LogP contribution in [0.4, 0.5) is 0 Å². The average molecular weight is 291 g/mol. The summed E-state index contributed by atoms with van der Waals surface area (Å²) in [5.41, 5.74) is 1.42. The number of ether oxygens (including phenoxy) is 1. The highest BCUT2D eigenvalue weighted by Gasteiger charge is 2.33. The van der Waals surface area contributed by atoms with Crippen molar-refractivity contribution in [3.05, 3.63) is 29.3 Å². The van der Waals surface area contributed by atoms with Crippen LogP contribution in [0.25, 0.3) is 0 Å². The van der Waals surface area contributed by atoms with E-state index in [0.29, 0.717) is 6.54 Å². The summed E-state index contributed by atoms with van der Waals surface area (Å²) in [7, 11) is 1.73. The molecule has 2 rings (SSSR count). The van der Waals surface area contributed by atoms with Crippen molar-refractivity contribution in [2.75, 3.05) is 20.2 Å². The van der Waals surface area contributed by atoms with Gasteiger partial charge in [0.2, 0.25) is 0 Å². The standard InChI is InChI=1S/C17H25NO3/c1-13-6-7-14(2)15(10-13)21-11-16(19)18(3)12-17(20)8-4-5-9-17/h6-7,10,20H,4-5,8-9,11-12H2,1-3H3. The van der Waals surface area contributed by atoms with Crippen LogP contribution in [-0.4, -0.2) is 41.7 Å². The average Bonchev–Trinajstić information content (AvgIpc) is 2.85. The Bertz CT molecular complexity index is 507. The quantitative estimate of drug-likeness (QED) is 0.906. The van der Waals surface area contributed by atoms with E-state index in [1.165, 1.54) is 0 Å². The second-order valence-corrected chi connectivity index (χ2v) is 6.24. The predicted molar refractivity (Wildman–Crippen MR) is 82.5 cm³/mol. The Morgan fingerprint density at radius 3 is 2.67 bits per heavy atom. The number of nitrogens with zero attached hydrogens (tertiary/aromatic N) is 1. The van der Waals surface area contributed by atoms with Crippen LogP contribution in [0.3, 0.4) is 0 Å². The normalized spacial score (nSPS) is 16.8. The van der Waals surface area contributed by atoms with Crippen LogP contribution in [0.15, 0.2) is 18.2 Å². The summed E-state index contributed by atoms with van der Waals surface area (Å²) in [4.78, 5) is 13.7. The summed E-state index contributed by atoms with van der Waals surface area (Å²) in [5, 5.41) is 10.3. The van der Waals surface area contributed by atoms with E-state index < -0.39 is 5.60 Å². The van der Waals surface area contributed by atoms with Crippen LogP contribution < -0.4 is 4.74 Å². The zero-order chi connectivity index (χ0) is 15.5. The molecule has 1 saturated carbocycles. The van der Waals surface area contributed by atoms with Gasteiger partial charge in [0, 0.05) is 13.6 Å². The molecule has 0 radical (unpaired) electrons. The van der Waals surface area contributed by atoms with Crippen LogP contribution in [0.2, 0.25) is 0 Å². The summed E-state index contributed by atoms with van der Waals surface area (Å²) >= 11 is 0. The zero-order valence-corrected chi connectivity index (χ0v) is 13.2. The molecule has 116 valence electrons. The molecule has 0 atom stereocenters. The van der Waals surface area contributed by atoms with E-state index in [1.54, 1.807) is 11.9 Å². The molecule has 1 N–H and O–H groups in total. The Morgan fingerprint density at radius 2 is 2.00 bits per heavy atom. The number of benzene rings is 1. The molecular weight excluding hydrogens is 266 g/mol. The molecule has 4 heteroatoms. The maximum absolute atomic E-state index is 12.1. The summed E-state index contributed by atoms with van der Waals surface area (Å²) in [6, 6.07) is 5.94. The van der Waals surface area contributed by atoms with Crippen molar-refractivity contribution < 1.29 is 14.6 Å². The second kappa shape index (κ2) is 6.48. The fraction of sp³-hybridized carbons (Fsp3) is 0.588. The van der Waals surface area contributed by atoms with Crippen LogP contribution in [-0.2, 0) is 4.79 Å². The lowest BCUT2D eigenvalue weighted by atomic mass is 10.0. The minimum atomic E-state index is -0.705. The van der Waals surface area contributed by atoms with Crippen molar-refractivity contribution >= 4 is 5.91 Å². The van der Waals surface area contributed by atoms with Crippen LogP contribution in [0.1, 0.15) is 36.8 Å². The second-order valence-electron chi connectivity index (χ2n) is 6.24. The first-order chi connectivity index (χ1) is 9.89. The Kier molecular flexibility index (Phi) is 4.88. The van der Waals surface area contributed by atoms with E-state index in [9.17, 15) is 9.90 Å². The number of hydrogen-bond acceptors (Lipinski definition) is 3. The number of rotatable bonds is 5. The molecule has 1 aliphatic rings. The molecule has 0 aliphatic heterocycles. The first kappa shape index (κ1) is 15.8. The number of carbonyl (C=O) groups is 1. The van der Waals surface area contributed by atoms with E-state index in [1.807, 2.05) is 32.0 Å². The Labute approximate surface area is 126 Å². The molecule has 0 saturated heterocycles. The van der Waals surface area contributed by atoms with Crippen molar-refractivity contribution in [2.45, 2.75) is 45.1 Å². The van der Waals surface area contributed by atoms with Crippen molar-refractivity contribution in [1.82, 2.24) is 4.90 Å². The molecule has 0 aromatic heterocycles. The van der Waals surface area contributed by atoms with Gasteiger partial charge in [-0.25, -0.2) is 0 Å². The largest absolute Gasteiger partial charge is 0.483 e. The van der Waals surface area contributed by atoms with Gasteiger partial charge in [0.05, 0.1) is 5.60 Å². The van der Waals surface area contributed by atoms with Crippen molar-refractivity contribution in [3.8, 4) is 5.75 Å². The highest BCUT2D eigenvalue weighted by atomic mass is 16.5. The molecular formula is C17H25NO3. The van der Waals surface area contributed by atoms with Gasteiger partial charge in [-0.1, -0.05) is 25.0 Å². The minimum Gasteiger partial charge on any atom is -0.483 e. The van der Waals surface area contributed by atoms with Gasteiger partial charge in [-0.05, 0) is 43.9 Å². The molecule has 1 aliphatic carbocycles. The maximum Gasteiger partial charge on any atom is 0.260 e. The Balaban J connectivity index is 1.87. The summed E-state index contributed by atoms with van der Waals surface area (Å²) in [6.45, 7) is 4.36. The van der Waals surface area contributed by atoms with Gasteiger partial charge in [-0.15, -0.1) is 0 Å². The van der Waals surface area contributed by atoms with E-state index in [4.69, 9.17) is 4.74 Å². The first-order valence-electron chi connectivity index (χ1n) is 7.56. The van der Waals surface area contributed by atoms with Crippen LogP contribution in [0.5, 0.6) is 5.75 Å². The highest BCUT2D eigenvalue weighted by molar-refractivity contribution is 5.77. The summed E-state index contributed by atoms with van der Waals surface area (Å²) in [6.07, 6.45) is 3.64.